The van der Waals surface area contributed by atoms with Crippen LogP contribution >= 0.6 is 0 Å². The molecule has 0 heterocycles. The van der Waals surface area contributed by atoms with Crippen LogP contribution in [0.4, 0.5) is 0 Å². The first-order chi connectivity index (χ1) is 5.15. The van der Waals surface area contributed by atoms with E-state index < -0.39 is 0 Å². The fourth-order valence-electron chi connectivity index (χ4n) is 1.02. The van der Waals surface area contributed by atoms with Crippen LogP contribution < -0.4 is 0 Å². The molecular formula is C8H10O3. The number of aldehydes is 1. The number of aliphatic hydroxyl groups excluding tert-OH is 2. The molecule has 0 amide bonds. The Morgan fingerprint density at radius 1 is 1.64 bits per heavy atom. The van der Waals surface area contributed by atoms with Crippen molar-refractivity contribution in [1.29, 1.82) is 0 Å². The zero-order chi connectivity index (χ0) is 8.43. The monoisotopic (exact) mass is 154 g/mol. The Bertz CT molecular complexity index is 238. The van der Waals surface area contributed by atoms with Gasteiger partial charge in [0, 0.05) is 17.6 Å². The Hall–Kier alpha value is -1.25. The molecule has 1 aliphatic rings. The van der Waals surface area contributed by atoms with E-state index >= 15 is 0 Å². The molecule has 1 aliphatic carbocycles. The van der Waals surface area contributed by atoms with Crippen molar-refractivity contribution in [3.8, 4) is 0 Å². The minimum absolute atomic E-state index is 0.0638. The fourth-order valence-corrected chi connectivity index (χ4v) is 1.02. The largest absolute Gasteiger partial charge is 0.512 e. The third-order valence-corrected chi connectivity index (χ3v) is 1.79. The molecule has 2 N–H and O–H groups in total. The van der Waals surface area contributed by atoms with E-state index in [0.717, 1.165) is 0 Å². The molecule has 3 nitrogen and oxygen atoms in total. The van der Waals surface area contributed by atoms with Crippen LogP contribution in [0.1, 0.15) is 13.3 Å². The maximum absolute atomic E-state index is 10.3. The van der Waals surface area contributed by atoms with Gasteiger partial charge in [-0.1, -0.05) is 6.92 Å². The summed E-state index contributed by atoms with van der Waals surface area (Å²) in [6.45, 7) is 1.79. The summed E-state index contributed by atoms with van der Waals surface area (Å²) in [6.07, 6.45) is 2.25. The van der Waals surface area contributed by atoms with Crippen molar-refractivity contribution in [3.05, 3.63) is 23.2 Å². The van der Waals surface area contributed by atoms with Crippen molar-refractivity contribution in [3.63, 3.8) is 0 Å². The van der Waals surface area contributed by atoms with Crippen molar-refractivity contribution in [2.45, 2.75) is 13.3 Å². The first-order valence-corrected chi connectivity index (χ1v) is 3.43. The zero-order valence-electron chi connectivity index (χ0n) is 6.24. The van der Waals surface area contributed by atoms with Gasteiger partial charge in [0.2, 0.25) is 0 Å². The standard InChI is InChI=1S/C8H10O3/c1-5-2-6(4-9)8(11)3-7(5)10/h3-5,10-11H,2H2,1H3. The molecule has 1 rings (SSSR count). The Labute approximate surface area is 64.7 Å². The summed E-state index contributed by atoms with van der Waals surface area (Å²) in [5.74, 6) is -0.0465. The van der Waals surface area contributed by atoms with Crippen LogP contribution in [-0.2, 0) is 4.79 Å². The Morgan fingerprint density at radius 3 is 2.82 bits per heavy atom. The van der Waals surface area contributed by atoms with Crippen LogP contribution in [0.15, 0.2) is 23.2 Å². The number of allylic oxidation sites excluding steroid dienone is 3. The minimum atomic E-state index is -0.115. The lowest BCUT2D eigenvalue weighted by atomic mass is 9.94. The molecule has 0 saturated carbocycles. The first kappa shape index (κ1) is 7.85. The number of carbonyl (C=O) groups excluding carboxylic acids is 1. The van der Waals surface area contributed by atoms with Crippen molar-refractivity contribution < 1.29 is 15.0 Å². The normalized spacial score (nSPS) is 24.8. The van der Waals surface area contributed by atoms with Crippen LogP contribution in [0.25, 0.3) is 0 Å². The summed E-state index contributed by atoms with van der Waals surface area (Å²) in [7, 11) is 0. The van der Waals surface area contributed by atoms with Crippen LogP contribution in [0.2, 0.25) is 0 Å². The van der Waals surface area contributed by atoms with Gasteiger partial charge in [-0.25, -0.2) is 0 Å². The Balaban J connectivity index is 2.96. The van der Waals surface area contributed by atoms with Gasteiger partial charge in [-0.3, -0.25) is 4.79 Å². The van der Waals surface area contributed by atoms with E-state index in [2.05, 4.69) is 0 Å². The number of carbonyl (C=O) groups is 1. The molecule has 1 unspecified atom stereocenters. The molecule has 3 heteroatoms. The molecular weight excluding hydrogens is 144 g/mol. The zero-order valence-corrected chi connectivity index (χ0v) is 6.24. The number of hydrogen-bond donors (Lipinski definition) is 2. The van der Waals surface area contributed by atoms with Crippen LogP contribution in [0, 0.1) is 5.92 Å². The lowest BCUT2D eigenvalue weighted by Crippen LogP contribution is -2.08. The van der Waals surface area contributed by atoms with E-state index in [1.165, 1.54) is 6.08 Å². The summed E-state index contributed by atoms with van der Waals surface area (Å²) in [6, 6.07) is 0. The highest BCUT2D eigenvalue weighted by Crippen LogP contribution is 2.24. The second kappa shape index (κ2) is 2.78. The van der Waals surface area contributed by atoms with Gasteiger partial charge in [0.15, 0.2) is 0 Å². The summed E-state index contributed by atoms with van der Waals surface area (Å²) in [5.41, 5.74) is 0.357. The predicted octanol–water partition coefficient (Wildman–Crippen LogP) is 1.48. The minimum Gasteiger partial charge on any atom is -0.512 e. The molecule has 1 atom stereocenters. The average Bonchev–Trinajstić information content (AvgIpc) is 1.97. The van der Waals surface area contributed by atoms with E-state index in [-0.39, 0.29) is 17.4 Å². The highest BCUT2D eigenvalue weighted by atomic mass is 16.3. The maximum atomic E-state index is 10.3. The van der Waals surface area contributed by atoms with Crippen molar-refractivity contribution in [2.24, 2.45) is 5.92 Å². The van der Waals surface area contributed by atoms with Gasteiger partial charge in [-0.2, -0.15) is 0 Å². The van der Waals surface area contributed by atoms with E-state index in [4.69, 9.17) is 10.2 Å². The van der Waals surface area contributed by atoms with Crippen LogP contribution in [0.5, 0.6) is 0 Å². The Kier molecular flexibility index (Phi) is 1.98. The molecule has 0 fully saturated rings. The van der Waals surface area contributed by atoms with E-state index in [1.807, 2.05) is 0 Å². The van der Waals surface area contributed by atoms with Crippen LogP contribution in [-0.4, -0.2) is 16.5 Å². The second-order valence-electron chi connectivity index (χ2n) is 2.70. The highest BCUT2D eigenvalue weighted by Gasteiger charge is 2.18. The van der Waals surface area contributed by atoms with Crippen LogP contribution in [0.3, 0.4) is 0 Å². The molecule has 11 heavy (non-hydrogen) atoms. The van der Waals surface area contributed by atoms with Gasteiger partial charge in [0.25, 0.3) is 0 Å². The van der Waals surface area contributed by atoms with Crippen molar-refractivity contribution in [2.75, 3.05) is 0 Å². The lowest BCUT2D eigenvalue weighted by Gasteiger charge is -2.15. The predicted molar refractivity (Wildman–Crippen MR) is 40.2 cm³/mol. The summed E-state index contributed by atoms with van der Waals surface area (Å²) >= 11 is 0. The van der Waals surface area contributed by atoms with Gasteiger partial charge in [-0.05, 0) is 6.42 Å². The van der Waals surface area contributed by atoms with Gasteiger partial charge in [-0.15, -0.1) is 0 Å². The third kappa shape index (κ3) is 1.42. The van der Waals surface area contributed by atoms with E-state index in [1.54, 1.807) is 6.92 Å². The number of rotatable bonds is 1. The lowest BCUT2D eigenvalue weighted by molar-refractivity contribution is -0.105. The van der Waals surface area contributed by atoms with Gasteiger partial charge in [0.1, 0.15) is 12.0 Å². The van der Waals surface area contributed by atoms with Crippen molar-refractivity contribution >= 4 is 6.29 Å². The SMILES string of the molecule is CC1CC(C=O)=C(O)C=C1O. The van der Waals surface area contributed by atoms with Gasteiger partial charge >= 0.3 is 0 Å². The molecule has 0 spiro atoms. The summed E-state index contributed by atoms with van der Waals surface area (Å²) < 4.78 is 0. The highest BCUT2D eigenvalue weighted by molar-refractivity contribution is 5.75. The van der Waals surface area contributed by atoms with Crippen molar-refractivity contribution in [1.82, 2.24) is 0 Å². The molecule has 0 saturated heterocycles. The maximum Gasteiger partial charge on any atom is 0.149 e. The molecule has 60 valence electrons. The van der Waals surface area contributed by atoms with E-state index in [9.17, 15) is 4.79 Å². The molecule has 0 aliphatic heterocycles. The second-order valence-corrected chi connectivity index (χ2v) is 2.70. The molecule has 0 aromatic carbocycles. The van der Waals surface area contributed by atoms with Gasteiger partial charge in [0.05, 0.1) is 5.76 Å². The Morgan fingerprint density at radius 2 is 2.27 bits per heavy atom. The first-order valence-electron chi connectivity index (χ1n) is 3.43. The topological polar surface area (TPSA) is 57.5 Å². The average molecular weight is 154 g/mol. The molecule has 0 radical (unpaired) electrons. The summed E-state index contributed by atoms with van der Waals surface area (Å²) in [5, 5.41) is 18.2. The molecule has 0 aromatic heterocycles. The molecule has 0 bridgehead atoms. The number of aliphatic hydroxyl groups is 2. The quantitative estimate of drug-likeness (QED) is 0.562. The van der Waals surface area contributed by atoms with Gasteiger partial charge < -0.3 is 10.2 Å². The van der Waals surface area contributed by atoms with E-state index in [0.29, 0.717) is 18.3 Å². The third-order valence-electron chi connectivity index (χ3n) is 1.79. The fraction of sp³-hybridized carbons (Fsp3) is 0.375. The molecule has 0 aromatic rings. The number of hydrogen-bond acceptors (Lipinski definition) is 3. The smallest absolute Gasteiger partial charge is 0.149 e. The summed E-state index contributed by atoms with van der Waals surface area (Å²) in [4.78, 5) is 10.3.